The SMILES string of the molecule is CCO[Si](OCC)(OCC)OC(=O)/C=C\C(=O)OCCCN. The third kappa shape index (κ3) is 8.90. The number of nitrogens with two attached hydrogens (primary N) is 1. The van der Waals surface area contributed by atoms with Crippen molar-refractivity contribution in [1.29, 1.82) is 0 Å². The molecule has 2 N–H and O–H groups in total. The molecule has 0 aliphatic heterocycles. The van der Waals surface area contributed by atoms with Crippen molar-refractivity contribution >= 4 is 21.0 Å². The number of rotatable bonds is 12. The van der Waals surface area contributed by atoms with Crippen LogP contribution in [0.1, 0.15) is 27.2 Å². The van der Waals surface area contributed by atoms with E-state index >= 15 is 0 Å². The summed E-state index contributed by atoms with van der Waals surface area (Å²) in [6.45, 7) is 6.63. The third-order valence-corrected chi connectivity index (χ3v) is 4.52. The maximum absolute atomic E-state index is 11.8. The molecule has 0 saturated heterocycles. The van der Waals surface area contributed by atoms with E-state index in [1.54, 1.807) is 20.8 Å². The normalized spacial score (nSPS) is 11.6. The van der Waals surface area contributed by atoms with Crippen molar-refractivity contribution in [3.8, 4) is 0 Å². The van der Waals surface area contributed by atoms with Gasteiger partial charge < -0.3 is 28.2 Å². The smallest absolute Gasteiger partial charge is 0.462 e. The number of hydrogen-bond acceptors (Lipinski definition) is 8. The predicted molar refractivity (Wildman–Crippen MR) is 80.5 cm³/mol. The zero-order valence-electron chi connectivity index (χ0n) is 13.3. The van der Waals surface area contributed by atoms with E-state index in [0.717, 1.165) is 12.2 Å². The van der Waals surface area contributed by atoms with Gasteiger partial charge in [0.05, 0.1) is 6.61 Å². The largest absolute Gasteiger partial charge is 0.751 e. The standard InChI is InChI=1S/C13H25NO7Si/c1-4-18-22(19-5-2,20-6-3)21-13(16)9-8-12(15)17-11-7-10-14/h8-9H,4-7,10-11,14H2,1-3H3/b9-8-. The topological polar surface area (TPSA) is 106 Å². The summed E-state index contributed by atoms with van der Waals surface area (Å²) in [5, 5.41) is 0. The number of hydrogen-bond donors (Lipinski definition) is 1. The van der Waals surface area contributed by atoms with Crippen molar-refractivity contribution in [1.82, 2.24) is 0 Å². The molecule has 9 heteroatoms. The molecule has 0 amide bonds. The van der Waals surface area contributed by atoms with E-state index in [-0.39, 0.29) is 26.4 Å². The molecule has 0 aromatic carbocycles. The minimum absolute atomic E-state index is 0.199. The lowest BCUT2D eigenvalue weighted by Crippen LogP contribution is -2.50. The number of carbonyl (C=O) groups excluding carboxylic acids is 2. The van der Waals surface area contributed by atoms with Crippen LogP contribution in [0, 0.1) is 0 Å². The van der Waals surface area contributed by atoms with E-state index < -0.39 is 21.0 Å². The quantitative estimate of drug-likeness (QED) is 0.238. The zero-order chi connectivity index (χ0) is 16.8. The van der Waals surface area contributed by atoms with Gasteiger partial charge in [-0.1, -0.05) is 0 Å². The summed E-state index contributed by atoms with van der Waals surface area (Å²) < 4.78 is 26.0. The lowest BCUT2D eigenvalue weighted by Gasteiger charge is -2.25. The molecule has 0 saturated carbocycles. The summed E-state index contributed by atoms with van der Waals surface area (Å²) in [6, 6.07) is 0. The van der Waals surface area contributed by atoms with Crippen LogP contribution in [0.25, 0.3) is 0 Å². The molecule has 0 aromatic heterocycles. The fraction of sp³-hybridized carbons (Fsp3) is 0.692. The molecule has 0 rings (SSSR count). The van der Waals surface area contributed by atoms with E-state index in [1.165, 1.54) is 0 Å². The van der Waals surface area contributed by atoms with Crippen molar-refractivity contribution < 1.29 is 32.0 Å². The van der Waals surface area contributed by atoms with Crippen LogP contribution in [-0.4, -0.2) is 54.0 Å². The Balaban J connectivity index is 4.57. The minimum Gasteiger partial charge on any atom is -0.462 e. The Morgan fingerprint density at radius 3 is 1.91 bits per heavy atom. The van der Waals surface area contributed by atoms with E-state index in [0.29, 0.717) is 13.0 Å². The molecule has 0 radical (unpaired) electrons. The average Bonchev–Trinajstić information content (AvgIpc) is 2.46. The van der Waals surface area contributed by atoms with Gasteiger partial charge in [0.25, 0.3) is 0 Å². The third-order valence-electron chi connectivity index (χ3n) is 2.14. The summed E-state index contributed by atoms with van der Waals surface area (Å²) in [5.41, 5.74) is 5.27. The summed E-state index contributed by atoms with van der Waals surface area (Å²) in [4.78, 5) is 23.1. The summed E-state index contributed by atoms with van der Waals surface area (Å²) in [5.74, 6) is -1.44. The van der Waals surface area contributed by atoms with Gasteiger partial charge in [0.2, 0.25) is 0 Å². The molecule has 0 spiro atoms. The molecule has 0 aliphatic rings. The molecule has 0 aliphatic carbocycles. The molecule has 0 unspecified atom stereocenters. The molecule has 8 nitrogen and oxygen atoms in total. The van der Waals surface area contributed by atoms with Gasteiger partial charge in [-0.3, -0.25) is 0 Å². The lowest BCUT2D eigenvalue weighted by molar-refractivity contribution is -0.141. The second-order valence-electron chi connectivity index (χ2n) is 3.86. The molecule has 0 aromatic rings. The first-order valence-corrected chi connectivity index (χ1v) is 8.86. The highest BCUT2D eigenvalue weighted by atomic mass is 28.4. The fourth-order valence-electron chi connectivity index (χ4n) is 1.34. The fourth-order valence-corrected chi connectivity index (χ4v) is 3.14. The Bertz CT molecular complexity index is 345. The first kappa shape index (κ1) is 20.7. The summed E-state index contributed by atoms with van der Waals surface area (Å²) in [6.07, 6.45) is 2.48. The Morgan fingerprint density at radius 2 is 1.45 bits per heavy atom. The van der Waals surface area contributed by atoms with Crippen LogP contribution in [-0.2, 0) is 32.0 Å². The Kier molecular flexibility index (Phi) is 11.6. The average molecular weight is 335 g/mol. The van der Waals surface area contributed by atoms with Crippen LogP contribution in [0.2, 0.25) is 0 Å². The van der Waals surface area contributed by atoms with Crippen molar-refractivity contribution in [3.63, 3.8) is 0 Å². The highest BCUT2D eigenvalue weighted by Crippen LogP contribution is 2.12. The summed E-state index contributed by atoms with van der Waals surface area (Å²) >= 11 is 0. The van der Waals surface area contributed by atoms with Crippen LogP contribution in [0.3, 0.4) is 0 Å². The molecule has 0 fully saturated rings. The molecule has 22 heavy (non-hydrogen) atoms. The second kappa shape index (κ2) is 12.3. The molecule has 128 valence electrons. The first-order chi connectivity index (χ1) is 10.5. The zero-order valence-corrected chi connectivity index (χ0v) is 14.3. The van der Waals surface area contributed by atoms with Gasteiger partial charge in [0.1, 0.15) is 0 Å². The Morgan fingerprint density at radius 1 is 0.955 bits per heavy atom. The number of ether oxygens (including phenoxy) is 1. The van der Waals surface area contributed by atoms with Gasteiger partial charge in [0, 0.05) is 32.0 Å². The Hall–Kier alpha value is -1.26. The van der Waals surface area contributed by atoms with Crippen molar-refractivity contribution in [2.45, 2.75) is 27.2 Å². The van der Waals surface area contributed by atoms with Crippen LogP contribution >= 0.6 is 0 Å². The van der Waals surface area contributed by atoms with E-state index in [9.17, 15) is 9.59 Å². The first-order valence-electron chi connectivity index (χ1n) is 7.23. The molecule has 0 heterocycles. The van der Waals surface area contributed by atoms with Crippen LogP contribution < -0.4 is 5.73 Å². The van der Waals surface area contributed by atoms with Gasteiger partial charge >= 0.3 is 21.0 Å². The second-order valence-corrected chi connectivity index (χ2v) is 5.93. The monoisotopic (exact) mass is 335 g/mol. The van der Waals surface area contributed by atoms with Gasteiger partial charge in [-0.15, -0.1) is 0 Å². The van der Waals surface area contributed by atoms with Crippen LogP contribution in [0.15, 0.2) is 12.2 Å². The van der Waals surface area contributed by atoms with E-state index in [4.69, 9.17) is 28.2 Å². The van der Waals surface area contributed by atoms with Gasteiger partial charge in [-0.25, -0.2) is 9.59 Å². The number of esters is 1. The van der Waals surface area contributed by atoms with Crippen LogP contribution in [0.5, 0.6) is 0 Å². The molecule has 0 atom stereocenters. The van der Waals surface area contributed by atoms with Crippen LogP contribution in [0.4, 0.5) is 0 Å². The van der Waals surface area contributed by atoms with E-state index in [1.807, 2.05) is 0 Å². The predicted octanol–water partition coefficient (Wildman–Crippen LogP) is 0.523. The molecular formula is C13H25NO7Si. The molecule has 0 bridgehead atoms. The van der Waals surface area contributed by atoms with Crippen molar-refractivity contribution in [2.24, 2.45) is 5.73 Å². The van der Waals surface area contributed by atoms with Gasteiger partial charge in [-0.05, 0) is 33.7 Å². The maximum atomic E-state index is 11.8. The maximum Gasteiger partial charge on any atom is 0.751 e. The lowest BCUT2D eigenvalue weighted by atomic mass is 10.4. The van der Waals surface area contributed by atoms with Crippen molar-refractivity contribution in [2.75, 3.05) is 33.0 Å². The van der Waals surface area contributed by atoms with Gasteiger partial charge in [0.15, 0.2) is 0 Å². The van der Waals surface area contributed by atoms with Gasteiger partial charge in [-0.2, -0.15) is 0 Å². The Labute approximate surface area is 132 Å². The van der Waals surface area contributed by atoms with E-state index in [2.05, 4.69) is 0 Å². The molecular weight excluding hydrogens is 310 g/mol. The summed E-state index contributed by atoms with van der Waals surface area (Å²) in [7, 11) is -3.53. The highest BCUT2D eigenvalue weighted by molar-refractivity contribution is 6.55. The number of carbonyl (C=O) groups is 2. The van der Waals surface area contributed by atoms with Crippen molar-refractivity contribution in [3.05, 3.63) is 12.2 Å². The minimum atomic E-state index is -3.53. The highest BCUT2D eigenvalue weighted by Gasteiger charge is 2.49.